The number of hydrogen-bond acceptors (Lipinski definition) is 2. The van der Waals surface area contributed by atoms with Gasteiger partial charge in [0, 0.05) is 6.04 Å². The molecule has 1 saturated carbocycles. The molecule has 2 nitrogen and oxygen atoms in total. The number of likely N-dealkylation sites (tertiary alicyclic amines) is 1. The quantitative estimate of drug-likeness (QED) is 0.668. The summed E-state index contributed by atoms with van der Waals surface area (Å²) in [5.74, 6) is 0.696. The lowest BCUT2D eigenvalue weighted by molar-refractivity contribution is 0.00189. The molecule has 1 heterocycles. The molecule has 2 heteroatoms. The molecule has 3 atom stereocenters. The number of nitrogens with zero attached hydrogens (tertiary/aromatic N) is 1. The van der Waals surface area contributed by atoms with E-state index in [0.29, 0.717) is 12.0 Å². The van der Waals surface area contributed by atoms with Crippen LogP contribution in [0, 0.1) is 5.92 Å². The van der Waals surface area contributed by atoms with E-state index in [0.717, 1.165) is 6.42 Å². The van der Waals surface area contributed by atoms with Crippen LogP contribution in [-0.4, -0.2) is 35.2 Å². The minimum Gasteiger partial charge on any atom is -0.391 e. The molecule has 1 N–H and O–H groups in total. The van der Waals surface area contributed by atoms with E-state index in [1.165, 1.54) is 38.8 Å². The fourth-order valence-corrected chi connectivity index (χ4v) is 3.01. The maximum Gasteiger partial charge on any atom is 0.0698 e. The van der Waals surface area contributed by atoms with Gasteiger partial charge in [-0.15, -0.1) is 0 Å². The third-order valence-corrected chi connectivity index (χ3v) is 3.70. The molecule has 0 amide bonds. The van der Waals surface area contributed by atoms with E-state index in [1.54, 1.807) is 0 Å². The molecule has 0 aromatic rings. The van der Waals surface area contributed by atoms with Crippen LogP contribution in [0.2, 0.25) is 0 Å². The van der Waals surface area contributed by atoms with Gasteiger partial charge < -0.3 is 5.11 Å². The zero-order valence-corrected chi connectivity index (χ0v) is 8.58. The van der Waals surface area contributed by atoms with Gasteiger partial charge in [-0.1, -0.05) is 13.3 Å². The summed E-state index contributed by atoms with van der Waals surface area (Å²) in [6.07, 6.45) is 6.14. The van der Waals surface area contributed by atoms with Crippen LogP contribution in [0.25, 0.3) is 0 Å². The Morgan fingerprint density at radius 1 is 1.08 bits per heavy atom. The van der Waals surface area contributed by atoms with E-state index in [9.17, 15) is 5.11 Å². The topological polar surface area (TPSA) is 23.5 Å². The highest BCUT2D eigenvalue weighted by Crippen LogP contribution is 2.30. The Morgan fingerprint density at radius 2 is 1.77 bits per heavy atom. The summed E-state index contributed by atoms with van der Waals surface area (Å²) in [6, 6.07) is 0.469. The van der Waals surface area contributed by atoms with Crippen molar-refractivity contribution >= 4 is 0 Å². The van der Waals surface area contributed by atoms with Gasteiger partial charge in [-0.3, -0.25) is 4.90 Å². The Morgan fingerprint density at radius 3 is 2.38 bits per heavy atom. The zero-order valence-electron chi connectivity index (χ0n) is 8.58. The Bertz CT molecular complexity index is 155. The Hall–Kier alpha value is -0.0800. The Balaban J connectivity index is 2.00. The second-order valence-corrected chi connectivity index (χ2v) is 4.71. The molecule has 2 aliphatic rings. The summed E-state index contributed by atoms with van der Waals surface area (Å²) in [6.45, 7) is 4.73. The van der Waals surface area contributed by atoms with Gasteiger partial charge in [0.1, 0.15) is 0 Å². The summed E-state index contributed by atoms with van der Waals surface area (Å²) in [5, 5.41) is 9.96. The van der Waals surface area contributed by atoms with Crippen LogP contribution in [0.5, 0.6) is 0 Å². The largest absolute Gasteiger partial charge is 0.391 e. The highest BCUT2D eigenvalue weighted by atomic mass is 16.3. The highest BCUT2D eigenvalue weighted by molar-refractivity contribution is 4.89. The molecule has 0 aromatic carbocycles. The lowest BCUT2D eigenvalue weighted by atomic mass is 9.83. The van der Waals surface area contributed by atoms with Crippen molar-refractivity contribution in [2.45, 2.75) is 51.2 Å². The highest BCUT2D eigenvalue weighted by Gasteiger charge is 2.34. The fraction of sp³-hybridized carbons (Fsp3) is 1.00. The first kappa shape index (κ1) is 9.47. The molecular weight excluding hydrogens is 162 g/mol. The molecule has 0 aromatic heterocycles. The monoisotopic (exact) mass is 183 g/mol. The minimum atomic E-state index is -0.0538. The first-order valence-corrected chi connectivity index (χ1v) is 5.71. The van der Waals surface area contributed by atoms with Crippen LogP contribution in [0.4, 0.5) is 0 Å². The third-order valence-electron chi connectivity index (χ3n) is 3.70. The third kappa shape index (κ3) is 1.89. The number of aliphatic hydroxyl groups excluding tert-OH is 1. The van der Waals surface area contributed by atoms with Crippen LogP contribution in [0.3, 0.4) is 0 Å². The van der Waals surface area contributed by atoms with Crippen LogP contribution < -0.4 is 0 Å². The maximum atomic E-state index is 9.96. The van der Waals surface area contributed by atoms with Gasteiger partial charge in [-0.05, 0) is 44.7 Å². The van der Waals surface area contributed by atoms with Gasteiger partial charge >= 0.3 is 0 Å². The normalized spacial score (nSPS) is 42.5. The van der Waals surface area contributed by atoms with Gasteiger partial charge in [0.2, 0.25) is 0 Å². The number of hydrogen-bond donors (Lipinski definition) is 1. The van der Waals surface area contributed by atoms with Crippen molar-refractivity contribution in [2.24, 2.45) is 5.92 Å². The summed E-state index contributed by atoms with van der Waals surface area (Å²) in [5.41, 5.74) is 0. The zero-order chi connectivity index (χ0) is 9.26. The van der Waals surface area contributed by atoms with E-state index in [4.69, 9.17) is 0 Å². The van der Waals surface area contributed by atoms with Gasteiger partial charge in [0.05, 0.1) is 6.10 Å². The molecule has 1 saturated heterocycles. The summed E-state index contributed by atoms with van der Waals surface area (Å²) in [7, 11) is 0. The lowest BCUT2D eigenvalue weighted by Crippen LogP contribution is -2.48. The first-order valence-electron chi connectivity index (χ1n) is 5.71. The number of aliphatic hydroxyl groups is 1. The molecule has 13 heavy (non-hydrogen) atoms. The average molecular weight is 183 g/mol. The van der Waals surface area contributed by atoms with Gasteiger partial charge in [0.25, 0.3) is 0 Å². The van der Waals surface area contributed by atoms with Crippen molar-refractivity contribution in [1.29, 1.82) is 0 Å². The average Bonchev–Trinajstić information content (AvgIpc) is 2.57. The first-order chi connectivity index (χ1) is 6.29. The van der Waals surface area contributed by atoms with Crippen LogP contribution >= 0.6 is 0 Å². The molecule has 0 spiro atoms. The SMILES string of the molecule is C[C@H]1CCC[C@H](O)[C@H]1N1CCCC1. The molecule has 76 valence electrons. The van der Waals surface area contributed by atoms with Crippen molar-refractivity contribution in [2.75, 3.05) is 13.1 Å². The second-order valence-electron chi connectivity index (χ2n) is 4.71. The van der Waals surface area contributed by atoms with Crippen molar-refractivity contribution in [3.05, 3.63) is 0 Å². The van der Waals surface area contributed by atoms with Crippen molar-refractivity contribution < 1.29 is 5.11 Å². The van der Waals surface area contributed by atoms with E-state index in [1.807, 2.05) is 0 Å². The van der Waals surface area contributed by atoms with E-state index < -0.39 is 0 Å². The number of rotatable bonds is 1. The van der Waals surface area contributed by atoms with Crippen molar-refractivity contribution in [1.82, 2.24) is 4.90 Å². The molecule has 1 aliphatic carbocycles. The van der Waals surface area contributed by atoms with Crippen LogP contribution in [0.1, 0.15) is 39.0 Å². The van der Waals surface area contributed by atoms with Gasteiger partial charge in [-0.25, -0.2) is 0 Å². The van der Waals surface area contributed by atoms with Crippen LogP contribution in [-0.2, 0) is 0 Å². The molecule has 2 fully saturated rings. The summed E-state index contributed by atoms with van der Waals surface area (Å²) in [4.78, 5) is 2.51. The molecule has 0 radical (unpaired) electrons. The smallest absolute Gasteiger partial charge is 0.0698 e. The Labute approximate surface area is 80.9 Å². The summed E-state index contributed by atoms with van der Waals surface area (Å²) < 4.78 is 0. The van der Waals surface area contributed by atoms with E-state index in [2.05, 4.69) is 11.8 Å². The van der Waals surface area contributed by atoms with Gasteiger partial charge in [-0.2, -0.15) is 0 Å². The lowest BCUT2D eigenvalue weighted by Gasteiger charge is -2.39. The van der Waals surface area contributed by atoms with Crippen molar-refractivity contribution in [3.8, 4) is 0 Å². The van der Waals surface area contributed by atoms with E-state index >= 15 is 0 Å². The predicted octanol–water partition coefficient (Wildman–Crippen LogP) is 1.63. The van der Waals surface area contributed by atoms with E-state index in [-0.39, 0.29) is 6.10 Å². The maximum absolute atomic E-state index is 9.96. The molecular formula is C11H21NO. The predicted molar refractivity (Wildman–Crippen MR) is 53.6 cm³/mol. The molecule has 0 unspecified atom stereocenters. The molecule has 0 bridgehead atoms. The summed E-state index contributed by atoms with van der Waals surface area (Å²) >= 11 is 0. The minimum absolute atomic E-state index is 0.0538. The fourth-order valence-electron chi connectivity index (χ4n) is 3.01. The molecule has 2 rings (SSSR count). The molecule has 1 aliphatic heterocycles. The van der Waals surface area contributed by atoms with Crippen molar-refractivity contribution in [3.63, 3.8) is 0 Å². The Kier molecular flexibility index (Phi) is 2.89. The second kappa shape index (κ2) is 3.97. The van der Waals surface area contributed by atoms with Gasteiger partial charge in [0.15, 0.2) is 0 Å². The van der Waals surface area contributed by atoms with Crippen LogP contribution in [0.15, 0.2) is 0 Å². The standard InChI is InChI=1S/C11H21NO/c1-9-5-4-6-10(13)11(9)12-7-2-3-8-12/h9-11,13H,2-8H2,1H3/t9-,10-,11-/m0/s1.